The highest BCUT2D eigenvalue weighted by atomic mass is 16.5. The van der Waals surface area contributed by atoms with Crippen molar-refractivity contribution in [3.05, 3.63) is 51.2 Å². The number of H-pyrrole nitrogens is 1. The van der Waals surface area contributed by atoms with Gasteiger partial charge in [-0.1, -0.05) is 18.2 Å². The van der Waals surface area contributed by atoms with Crippen LogP contribution < -0.4 is 26.2 Å². The standard InChI is InChI=1S/C18H24N6O3/c1-22(2)10-9-19-17-20-15-14(16(25)21-18(26)23(15)3)24(17)11-12-27-13-7-5-4-6-8-13/h4-8H,9-12H2,1-3H3,(H,19,20)(H,21,25,26)/p+1. The van der Waals surface area contributed by atoms with Crippen molar-refractivity contribution >= 4 is 17.1 Å². The summed E-state index contributed by atoms with van der Waals surface area (Å²) in [6.45, 7) is 2.37. The number of quaternary nitrogens is 1. The summed E-state index contributed by atoms with van der Waals surface area (Å²) in [5, 5.41) is 3.26. The molecule has 9 nitrogen and oxygen atoms in total. The van der Waals surface area contributed by atoms with E-state index in [1.165, 1.54) is 9.47 Å². The molecule has 0 aliphatic carbocycles. The van der Waals surface area contributed by atoms with Gasteiger partial charge in [0, 0.05) is 7.05 Å². The number of fused-ring (bicyclic) bond motifs is 1. The van der Waals surface area contributed by atoms with E-state index in [-0.39, 0.29) is 0 Å². The molecule has 0 atom stereocenters. The zero-order chi connectivity index (χ0) is 19.4. The molecule has 0 saturated heterocycles. The summed E-state index contributed by atoms with van der Waals surface area (Å²) in [4.78, 5) is 32.4. The highest BCUT2D eigenvalue weighted by Gasteiger charge is 2.17. The molecule has 9 heteroatoms. The smallest absolute Gasteiger partial charge is 0.329 e. The second-order valence-electron chi connectivity index (χ2n) is 6.62. The van der Waals surface area contributed by atoms with E-state index < -0.39 is 11.2 Å². The fourth-order valence-electron chi connectivity index (χ4n) is 2.78. The first-order chi connectivity index (χ1) is 13.0. The number of aromatic nitrogens is 4. The summed E-state index contributed by atoms with van der Waals surface area (Å²) in [5.41, 5.74) is -0.231. The largest absolute Gasteiger partial charge is 0.492 e. The van der Waals surface area contributed by atoms with Gasteiger partial charge in [-0.15, -0.1) is 0 Å². The second-order valence-corrected chi connectivity index (χ2v) is 6.62. The van der Waals surface area contributed by atoms with Gasteiger partial charge in [-0.25, -0.2) is 4.79 Å². The molecule has 0 unspecified atom stereocenters. The van der Waals surface area contributed by atoms with Crippen LogP contribution in [-0.4, -0.2) is 52.9 Å². The van der Waals surface area contributed by atoms with Gasteiger partial charge in [0.25, 0.3) is 5.56 Å². The summed E-state index contributed by atoms with van der Waals surface area (Å²) in [6.07, 6.45) is 0. The first-order valence-electron chi connectivity index (χ1n) is 8.87. The van der Waals surface area contributed by atoms with Crippen molar-refractivity contribution in [2.24, 2.45) is 7.05 Å². The number of anilines is 1. The number of likely N-dealkylation sites (N-methyl/N-ethyl adjacent to an activating group) is 1. The molecule has 27 heavy (non-hydrogen) atoms. The molecule has 0 amide bonds. The van der Waals surface area contributed by atoms with Crippen LogP contribution in [0.4, 0.5) is 5.95 Å². The van der Waals surface area contributed by atoms with Crippen LogP contribution in [0.5, 0.6) is 5.75 Å². The SMILES string of the molecule is Cn1c(=O)[nH]c(=O)c2c1nc(NCC[NH+](C)C)n2CCOc1ccccc1. The number of imidazole rings is 1. The van der Waals surface area contributed by atoms with E-state index in [0.717, 1.165) is 12.3 Å². The Morgan fingerprint density at radius 3 is 2.67 bits per heavy atom. The summed E-state index contributed by atoms with van der Waals surface area (Å²) in [5.74, 6) is 1.31. The van der Waals surface area contributed by atoms with Crippen LogP contribution in [-0.2, 0) is 13.6 Å². The van der Waals surface area contributed by atoms with Crippen LogP contribution in [0.2, 0.25) is 0 Å². The van der Waals surface area contributed by atoms with E-state index in [9.17, 15) is 9.59 Å². The second kappa shape index (κ2) is 8.09. The summed E-state index contributed by atoms with van der Waals surface area (Å²) < 4.78 is 8.86. The van der Waals surface area contributed by atoms with Crippen molar-refractivity contribution in [3.63, 3.8) is 0 Å². The minimum Gasteiger partial charge on any atom is -0.492 e. The van der Waals surface area contributed by atoms with Crippen molar-refractivity contribution in [2.45, 2.75) is 6.54 Å². The van der Waals surface area contributed by atoms with E-state index in [4.69, 9.17) is 4.74 Å². The number of aryl methyl sites for hydroxylation is 1. The Labute approximate surface area is 156 Å². The lowest BCUT2D eigenvalue weighted by Gasteiger charge is -2.12. The highest BCUT2D eigenvalue weighted by molar-refractivity contribution is 5.74. The molecule has 0 spiro atoms. The van der Waals surface area contributed by atoms with Gasteiger partial charge in [0.15, 0.2) is 11.2 Å². The van der Waals surface area contributed by atoms with Crippen molar-refractivity contribution in [1.82, 2.24) is 19.1 Å². The molecule has 0 saturated carbocycles. The minimum absolute atomic E-state index is 0.350. The molecule has 144 valence electrons. The number of aromatic amines is 1. The Bertz CT molecular complexity index is 1020. The van der Waals surface area contributed by atoms with Crippen LogP contribution in [0, 0.1) is 0 Å². The number of hydrogen-bond donors (Lipinski definition) is 3. The first-order valence-corrected chi connectivity index (χ1v) is 8.87. The maximum atomic E-state index is 12.4. The molecule has 1 aromatic carbocycles. The van der Waals surface area contributed by atoms with Gasteiger partial charge < -0.3 is 19.5 Å². The molecule has 0 aliphatic heterocycles. The van der Waals surface area contributed by atoms with Gasteiger partial charge in [0.2, 0.25) is 5.95 Å². The molecule has 3 rings (SSSR count). The van der Waals surface area contributed by atoms with Crippen molar-refractivity contribution in [3.8, 4) is 5.75 Å². The van der Waals surface area contributed by atoms with E-state index in [1.54, 1.807) is 11.6 Å². The van der Waals surface area contributed by atoms with Crippen LogP contribution in [0.25, 0.3) is 11.2 Å². The third-order valence-electron chi connectivity index (χ3n) is 4.24. The Kier molecular flexibility index (Phi) is 5.60. The normalized spacial score (nSPS) is 11.3. The van der Waals surface area contributed by atoms with E-state index in [0.29, 0.717) is 36.8 Å². The topological polar surface area (TPSA) is 98.4 Å². The molecule has 0 radical (unpaired) electrons. The van der Waals surface area contributed by atoms with Crippen molar-refractivity contribution in [2.75, 3.05) is 39.1 Å². The predicted octanol–water partition coefficient (Wildman–Crippen LogP) is -0.941. The highest BCUT2D eigenvalue weighted by Crippen LogP contribution is 2.15. The maximum Gasteiger partial charge on any atom is 0.329 e. The Hall–Kier alpha value is -3.07. The predicted molar refractivity (Wildman–Crippen MR) is 104 cm³/mol. The molecule has 0 aliphatic rings. The van der Waals surface area contributed by atoms with Gasteiger partial charge in [-0.05, 0) is 12.1 Å². The van der Waals surface area contributed by atoms with Gasteiger partial charge in [-0.3, -0.25) is 14.3 Å². The molecular weight excluding hydrogens is 348 g/mol. The molecule has 0 fully saturated rings. The molecule has 2 heterocycles. The van der Waals surface area contributed by atoms with Crippen LogP contribution >= 0.6 is 0 Å². The maximum absolute atomic E-state index is 12.4. The molecule has 0 bridgehead atoms. The van der Waals surface area contributed by atoms with Crippen LogP contribution in [0.1, 0.15) is 0 Å². The lowest BCUT2D eigenvalue weighted by atomic mass is 10.3. The number of benzene rings is 1. The van der Waals surface area contributed by atoms with Crippen LogP contribution in [0.3, 0.4) is 0 Å². The van der Waals surface area contributed by atoms with Gasteiger partial charge in [-0.2, -0.15) is 4.98 Å². The fraction of sp³-hybridized carbons (Fsp3) is 0.389. The number of rotatable bonds is 8. The molecule has 3 N–H and O–H groups in total. The quantitative estimate of drug-likeness (QED) is 0.473. The van der Waals surface area contributed by atoms with Crippen LogP contribution in [0.15, 0.2) is 39.9 Å². The summed E-state index contributed by atoms with van der Waals surface area (Å²) in [7, 11) is 5.71. The Balaban J connectivity index is 1.90. The van der Waals surface area contributed by atoms with Gasteiger partial charge >= 0.3 is 5.69 Å². The Morgan fingerprint density at radius 1 is 1.22 bits per heavy atom. The van der Waals surface area contributed by atoms with Crippen molar-refractivity contribution in [1.29, 1.82) is 0 Å². The summed E-state index contributed by atoms with van der Waals surface area (Å²) >= 11 is 0. The third-order valence-corrected chi connectivity index (χ3v) is 4.24. The number of nitrogens with zero attached hydrogens (tertiary/aromatic N) is 3. The monoisotopic (exact) mass is 373 g/mol. The number of para-hydroxylation sites is 1. The number of nitrogens with one attached hydrogen (secondary N) is 3. The lowest BCUT2D eigenvalue weighted by Crippen LogP contribution is -3.06. The van der Waals surface area contributed by atoms with Gasteiger partial charge in [0.1, 0.15) is 12.4 Å². The molecule has 3 aromatic rings. The molecular formula is C18H25N6O3+. The van der Waals surface area contributed by atoms with E-state index in [1.807, 2.05) is 30.3 Å². The molecule has 2 aromatic heterocycles. The fourth-order valence-corrected chi connectivity index (χ4v) is 2.78. The lowest BCUT2D eigenvalue weighted by molar-refractivity contribution is -0.856. The third kappa shape index (κ3) is 4.20. The summed E-state index contributed by atoms with van der Waals surface area (Å²) in [6, 6.07) is 9.48. The average molecular weight is 373 g/mol. The Morgan fingerprint density at radius 2 is 1.96 bits per heavy atom. The number of ether oxygens (including phenoxy) is 1. The average Bonchev–Trinajstić information content (AvgIpc) is 3.00. The minimum atomic E-state index is -0.484. The van der Waals surface area contributed by atoms with Crippen molar-refractivity contribution < 1.29 is 9.64 Å². The zero-order valence-electron chi connectivity index (χ0n) is 15.8. The van der Waals surface area contributed by atoms with E-state index in [2.05, 4.69) is 29.4 Å². The zero-order valence-corrected chi connectivity index (χ0v) is 15.8. The van der Waals surface area contributed by atoms with E-state index >= 15 is 0 Å². The number of hydrogen-bond acceptors (Lipinski definition) is 5. The first kappa shape index (κ1) is 18.7. The van der Waals surface area contributed by atoms with Gasteiger partial charge in [0.05, 0.1) is 33.7 Å².